The Labute approximate surface area is 134 Å². The Morgan fingerprint density at radius 3 is 2.64 bits per heavy atom. The molecule has 3 aromatic rings. The first-order chi connectivity index (χ1) is 10.7. The molecule has 4 nitrogen and oxygen atoms in total. The summed E-state index contributed by atoms with van der Waals surface area (Å²) in [5.74, 6) is 1.49. The topological polar surface area (TPSA) is 36.3 Å². The number of rotatable bonds is 5. The second kappa shape index (κ2) is 6.23. The molecule has 0 atom stereocenters. The van der Waals surface area contributed by atoms with Crippen LogP contribution in [0.1, 0.15) is 10.6 Å². The van der Waals surface area contributed by atoms with Gasteiger partial charge < -0.3 is 14.0 Å². The number of benzene rings is 1. The van der Waals surface area contributed by atoms with Crippen molar-refractivity contribution in [3.05, 3.63) is 52.5 Å². The van der Waals surface area contributed by atoms with Crippen molar-refractivity contribution in [3.8, 4) is 22.9 Å². The van der Waals surface area contributed by atoms with Crippen LogP contribution in [-0.4, -0.2) is 23.8 Å². The maximum absolute atomic E-state index is 5.35. The second-order valence-corrected chi connectivity index (χ2v) is 5.94. The van der Waals surface area contributed by atoms with E-state index in [4.69, 9.17) is 14.5 Å². The van der Waals surface area contributed by atoms with Crippen LogP contribution < -0.4 is 9.47 Å². The third kappa shape index (κ3) is 2.85. The van der Waals surface area contributed by atoms with Crippen LogP contribution >= 0.6 is 11.3 Å². The van der Waals surface area contributed by atoms with Crippen LogP contribution in [0.5, 0.6) is 11.5 Å². The number of methoxy groups -OCH3 is 2. The van der Waals surface area contributed by atoms with Crippen LogP contribution in [-0.2, 0) is 13.5 Å². The number of aryl methyl sites for hydroxylation is 1. The Balaban J connectivity index is 1.82. The maximum atomic E-state index is 5.35. The van der Waals surface area contributed by atoms with Gasteiger partial charge in [0.15, 0.2) is 11.5 Å². The summed E-state index contributed by atoms with van der Waals surface area (Å²) in [6.07, 6.45) is 2.82. The number of hydrogen-bond acceptors (Lipinski definition) is 4. The van der Waals surface area contributed by atoms with E-state index in [0.717, 1.165) is 39.9 Å². The Hall–Kier alpha value is -2.27. The summed E-state index contributed by atoms with van der Waals surface area (Å²) >= 11 is 1.68. The van der Waals surface area contributed by atoms with Gasteiger partial charge in [0.1, 0.15) is 0 Å². The Kier molecular flexibility index (Phi) is 4.15. The van der Waals surface area contributed by atoms with Crippen molar-refractivity contribution < 1.29 is 9.47 Å². The van der Waals surface area contributed by atoms with Crippen LogP contribution in [0.25, 0.3) is 11.4 Å². The van der Waals surface area contributed by atoms with E-state index < -0.39 is 0 Å². The van der Waals surface area contributed by atoms with Gasteiger partial charge in [-0.2, -0.15) is 0 Å². The number of thiazole rings is 1. The first kappa shape index (κ1) is 14.7. The first-order valence-electron chi connectivity index (χ1n) is 6.98. The van der Waals surface area contributed by atoms with Crippen molar-refractivity contribution in [2.75, 3.05) is 14.2 Å². The first-order valence-corrected chi connectivity index (χ1v) is 7.86. The molecule has 3 rings (SSSR count). The molecule has 0 aliphatic carbocycles. The van der Waals surface area contributed by atoms with Crippen molar-refractivity contribution in [1.29, 1.82) is 0 Å². The summed E-state index contributed by atoms with van der Waals surface area (Å²) in [5.41, 5.74) is 3.31. The molecule has 22 heavy (non-hydrogen) atoms. The van der Waals surface area contributed by atoms with E-state index in [1.165, 1.54) is 0 Å². The van der Waals surface area contributed by atoms with E-state index in [-0.39, 0.29) is 0 Å². The fourth-order valence-electron chi connectivity index (χ4n) is 2.40. The standard InChI is InChI=1S/C17H18N2O2S/c1-19-8-4-5-14(19)13-11-22-17(18-13)10-12-6-7-15(20-2)16(9-12)21-3/h4-9,11H,10H2,1-3H3. The SMILES string of the molecule is COc1ccc(Cc2nc(-c3cccn3C)cs2)cc1OC. The summed E-state index contributed by atoms with van der Waals surface area (Å²) < 4.78 is 12.7. The van der Waals surface area contributed by atoms with Gasteiger partial charge in [0.05, 0.1) is 30.6 Å². The minimum atomic E-state index is 0.745. The molecule has 0 aliphatic heterocycles. The van der Waals surface area contributed by atoms with Crippen LogP contribution in [0.15, 0.2) is 41.9 Å². The molecule has 114 valence electrons. The van der Waals surface area contributed by atoms with Crippen LogP contribution in [0, 0.1) is 0 Å². The van der Waals surface area contributed by atoms with Crippen molar-refractivity contribution >= 4 is 11.3 Å². The van der Waals surface area contributed by atoms with Crippen molar-refractivity contribution in [3.63, 3.8) is 0 Å². The zero-order chi connectivity index (χ0) is 15.5. The smallest absolute Gasteiger partial charge is 0.160 e. The van der Waals surface area contributed by atoms with E-state index in [0.29, 0.717) is 0 Å². The highest BCUT2D eigenvalue weighted by Crippen LogP contribution is 2.29. The number of aromatic nitrogens is 2. The molecule has 2 heterocycles. The third-order valence-electron chi connectivity index (χ3n) is 3.56. The molecule has 0 unspecified atom stereocenters. The molecule has 2 aromatic heterocycles. The Bertz CT molecular complexity index is 777. The highest BCUT2D eigenvalue weighted by molar-refractivity contribution is 7.10. The van der Waals surface area contributed by atoms with Gasteiger partial charge >= 0.3 is 0 Å². The molecule has 0 amide bonds. The lowest BCUT2D eigenvalue weighted by Crippen LogP contribution is -1.94. The van der Waals surface area contributed by atoms with Gasteiger partial charge in [-0.05, 0) is 29.8 Å². The lowest BCUT2D eigenvalue weighted by Gasteiger charge is -2.08. The molecule has 1 aromatic carbocycles. The maximum Gasteiger partial charge on any atom is 0.160 e. The average Bonchev–Trinajstić information content (AvgIpc) is 3.15. The van der Waals surface area contributed by atoms with E-state index in [1.807, 2.05) is 37.5 Å². The van der Waals surface area contributed by atoms with E-state index in [9.17, 15) is 0 Å². The normalized spacial score (nSPS) is 10.7. The summed E-state index contributed by atoms with van der Waals surface area (Å²) in [7, 11) is 5.33. The number of ether oxygens (including phenoxy) is 2. The molecule has 0 bridgehead atoms. The molecule has 5 heteroatoms. The summed E-state index contributed by atoms with van der Waals surface area (Å²) in [6.45, 7) is 0. The third-order valence-corrected chi connectivity index (χ3v) is 4.41. The highest BCUT2D eigenvalue weighted by Gasteiger charge is 2.10. The van der Waals surface area contributed by atoms with E-state index in [2.05, 4.69) is 16.0 Å². The van der Waals surface area contributed by atoms with Crippen molar-refractivity contribution in [2.45, 2.75) is 6.42 Å². The lowest BCUT2D eigenvalue weighted by molar-refractivity contribution is 0.354. The summed E-state index contributed by atoms with van der Waals surface area (Å²) in [4.78, 5) is 4.73. The minimum absolute atomic E-state index is 0.745. The second-order valence-electron chi connectivity index (χ2n) is 5.00. The quantitative estimate of drug-likeness (QED) is 0.719. The predicted molar refractivity (Wildman–Crippen MR) is 88.9 cm³/mol. The zero-order valence-corrected chi connectivity index (χ0v) is 13.7. The largest absolute Gasteiger partial charge is 0.493 e. The van der Waals surface area contributed by atoms with Gasteiger partial charge in [-0.3, -0.25) is 0 Å². The van der Waals surface area contributed by atoms with E-state index >= 15 is 0 Å². The molecule has 0 saturated heterocycles. The average molecular weight is 314 g/mol. The van der Waals surface area contributed by atoms with Crippen LogP contribution in [0.2, 0.25) is 0 Å². The number of hydrogen-bond donors (Lipinski definition) is 0. The molecule has 0 fully saturated rings. The van der Waals surface area contributed by atoms with Crippen molar-refractivity contribution in [1.82, 2.24) is 9.55 Å². The molecule has 0 N–H and O–H groups in total. The van der Waals surface area contributed by atoms with Gasteiger partial charge in [-0.25, -0.2) is 4.98 Å². The molecule has 0 radical (unpaired) electrons. The lowest BCUT2D eigenvalue weighted by atomic mass is 10.1. The number of nitrogens with zero attached hydrogens (tertiary/aromatic N) is 2. The molecule has 0 spiro atoms. The van der Waals surface area contributed by atoms with Gasteiger partial charge in [0.2, 0.25) is 0 Å². The monoisotopic (exact) mass is 314 g/mol. The minimum Gasteiger partial charge on any atom is -0.493 e. The van der Waals surface area contributed by atoms with Crippen molar-refractivity contribution in [2.24, 2.45) is 7.05 Å². The Morgan fingerprint density at radius 1 is 1.14 bits per heavy atom. The van der Waals surface area contributed by atoms with Gasteiger partial charge in [0, 0.05) is 25.0 Å². The van der Waals surface area contributed by atoms with Gasteiger partial charge in [-0.15, -0.1) is 11.3 Å². The molecule has 0 saturated carbocycles. The fourth-order valence-corrected chi connectivity index (χ4v) is 3.22. The fraction of sp³-hybridized carbons (Fsp3) is 0.235. The summed E-state index contributed by atoms with van der Waals surface area (Å²) in [5, 5.41) is 3.19. The van der Waals surface area contributed by atoms with Crippen LogP contribution in [0.4, 0.5) is 0 Å². The highest BCUT2D eigenvalue weighted by atomic mass is 32.1. The molecular formula is C17H18N2O2S. The zero-order valence-electron chi connectivity index (χ0n) is 12.9. The van der Waals surface area contributed by atoms with Crippen LogP contribution in [0.3, 0.4) is 0 Å². The molecular weight excluding hydrogens is 296 g/mol. The molecule has 0 aliphatic rings. The van der Waals surface area contributed by atoms with E-state index in [1.54, 1.807) is 25.6 Å². The Morgan fingerprint density at radius 2 is 1.95 bits per heavy atom. The predicted octanol–water partition coefficient (Wildman–Crippen LogP) is 3.76. The van der Waals surface area contributed by atoms with Gasteiger partial charge in [0.25, 0.3) is 0 Å². The van der Waals surface area contributed by atoms with Gasteiger partial charge in [-0.1, -0.05) is 6.07 Å². The summed E-state index contributed by atoms with van der Waals surface area (Å²) in [6, 6.07) is 10.1.